The zero-order valence-electron chi connectivity index (χ0n) is 6.94. The molecule has 3 N–H and O–H groups in total. The van der Waals surface area contributed by atoms with Crippen molar-refractivity contribution >= 4 is 17.9 Å². The van der Waals surface area contributed by atoms with Crippen molar-refractivity contribution in [3.05, 3.63) is 0 Å². The molecule has 0 amide bonds. The van der Waals surface area contributed by atoms with Crippen LogP contribution in [0.25, 0.3) is 0 Å². The first-order valence-corrected chi connectivity index (χ1v) is 5.54. The zero-order valence-corrected chi connectivity index (χ0v) is 7.88. The Bertz CT molecular complexity index is 311. The first-order valence-electron chi connectivity index (χ1n) is 3.12. The average Bonchev–Trinajstić information content (AvgIpc) is 1.76. The van der Waals surface area contributed by atoms with Crippen LogP contribution in [0.4, 0.5) is 0 Å². The molecule has 7 nitrogen and oxygen atoms in total. The van der Waals surface area contributed by atoms with Crippen molar-refractivity contribution in [2.45, 2.75) is 16.0 Å². The minimum absolute atomic E-state index is 0.833. The summed E-state index contributed by atoms with van der Waals surface area (Å²) < 4.78 is 9.46. The van der Waals surface area contributed by atoms with Crippen LogP contribution in [0.2, 0.25) is 16.0 Å². The molecule has 0 aliphatic carbocycles. The summed E-state index contributed by atoms with van der Waals surface area (Å²) in [5.74, 6) is -4.24. The molecule has 0 radical (unpaired) electrons. The fourth-order valence-electron chi connectivity index (χ4n) is 0.622. The number of rotatable bonds is 3. The van der Waals surface area contributed by atoms with E-state index >= 15 is 0 Å². The Morgan fingerprint density at radius 2 is 1.07 bits per heavy atom. The van der Waals surface area contributed by atoms with Gasteiger partial charge in [-0.25, -0.2) is 0 Å². The second-order valence-electron chi connectivity index (χ2n) is 2.24. The predicted octanol–water partition coefficient (Wildman–Crippen LogP) is 0.128. The maximum absolute atomic E-state index is 10.3. The van der Waals surface area contributed by atoms with E-state index in [1.165, 1.54) is 0 Å². The van der Waals surface area contributed by atoms with Crippen LogP contribution in [0.3, 0.4) is 0 Å². The number of hydrogen-bond donors (Lipinski definition) is 3. The second kappa shape index (κ2) is 4.76. The molecular formula is C6H9CuNO6. The van der Waals surface area contributed by atoms with Crippen LogP contribution in [0, 0.1) is 4.20 Å². The van der Waals surface area contributed by atoms with Gasteiger partial charge in [-0.05, 0) is 0 Å². The van der Waals surface area contributed by atoms with Gasteiger partial charge < -0.3 is 0 Å². The molecule has 85 valence electrons. The fraction of sp³-hybridized carbons (Fsp3) is 0.500. The van der Waals surface area contributed by atoms with Gasteiger partial charge in [0.15, 0.2) is 0 Å². The van der Waals surface area contributed by atoms with Gasteiger partial charge in [0.2, 0.25) is 0 Å². The summed E-state index contributed by atoms with van der Waals surface area (Å²) in [6.45, 7) is 0. The third-order valence-corrected chi connectivity index (χ3v) is 3.58. The van der Waals surface area contributed by atoms with Crippen LogP contribution in [0.1, 0.15) is 0 Å². The van der Waals surface area contributed by atoms with Gasteiger partial charge in [0.05, 0.1) is 0 Å². The normalized spacial score (nSPS) is 11.9. The number of carboxylic acids is 3. The summed E-state index contributed by atoms with van der Waals surface area (Å²) in [5, 5.41) is 22.5. The number of aliphatic carboxylic acids is 3. The van der Waals surface area contributed by atoms with Crippen LogP contribution in [-0.4, -0.2) is 33.2 Å². The van der Waals surface area contributed by atoms with Gasteiger partial charge in [0.1, 0.15) is 0 Å². The Morgan fingerprint density at radius 1 is 0.857 bits per heavy atom. The van der Waals surface area contributed by atoms with Crippen LogP contribution in [-0.2, 0) is 26.9 Å². The molecule has 0 saturated heterocycles. The van der Waals surface area contributed by atoms with Gasteiger partial charge in [-0.15, -0.1) is 0 Å². The first-order chi connectivity index (χ1) is 6.25. The van der Waals surface area contributed by atoms with Crippen molar-refractivity contribution in [3.8, 4) is 0 Å². The number of carboxylic acid groups (broad SMARTS) is 3. The van der Waals surface area contributed by atoms with E-state index < -0.39 is 46.3 Å². The molecule has 0 spiro atoms. The van der Waals surface area contributed by atoms with Crippen LogP contribution >= 0.6 is 0 Å². The van der Waals surface area contributed by atoms with E-state index in [2.05, 4.69) is 0 Å². The molecule has 0 fully saturated rings. The fourth-order valence-corrected chi connectivity index (χ4v) is 2.57. The molecule has 8 heteroatoms. The average molecular weight is 255 g/mol. The molecule has 0 aromatic carbocycles. The van der Waals surface area contributed by atoms with Crippen molar-refractivity contribution in [2.24, 2.45) is 0 Å². The van der Waals surface area contributed by atoms with Gasteiger partial charge in [0, 0.05) is 0 Å². The Balaban J connectivity index is 4.69. The molecule has 0 aliphatic rings. The molecule has 0 aromatic heterocycles. The molecule has 0 rings (SSSR count). The van der Waals surface area contributed by atoms with E-state index in [4.69, 9.17) is 15.3 Å². The van der Waals surface area contributed by atoms with Crippen LogP contribution in [0.5, 0.6) is 0 Å². The van der Waals surface area contributed by atoms with E-state index in [1.807, 2.05) is 0 Å². The molecule has 0 atom stereocenters. The first kappa shape index (κ1) is 12.6. The standard InChI is InChI=1S/3C2H3O2.Cu.N/c3*1-2(3)4;;/h3*1H2,(H,3,4);;. The van der Waals surface area contributed by atoms with Crippen molar-refractivity contribution in [1.29, 1.82) is 4.20 Å². The summed E-state index contributed by atoms with van der Waals surface area (Å²) in [7, 11) is 0. The van der Waals surface area contributed by atoms with E-state index in [9.17, 15) is 18.6 Å². The third-order valence-electron chi connectivity index (χ3n) is 0.869. The zero-order chi connectivity index (χ0) is 11.4. The molecule has 14 heavy (non-hydrogen) atoms. The molecule has 0 heterocycles. The summed E-state index contributed by atoms with van der Waals surface area (Å²) in [6.07, 6.45) is 0. The SMILES string of the molecule is [N]#[Cu]([CH2]C(=O)O)([CH2]C(=O)O)[CH2]C(=O)O. The Labute approximate surface area is 80.8 Å². The Kier molecular flexibility index (Phi) is 4.30. The minimum atomic E-state index is -3.08. The second-order valence-corrected chi connectivity index (χ2v) is 5.54. The summed E-state index contributed by atoms with van der Waals surface area (Å²) in [5.41, 5.74) is 0. The van der Waals surface area contributed by atoms with Crippen molar-refractivity contribution in [2.75, 3.05) is 0 Å². The Morgan fingerprint density at radius 3 is 1.21 bits per heavy atom. The van der Waals surface area contributed by atoms with Gasteiger partial charge in [-0.3, -0.25) is 0 Å². The molecule has 0 saturated carbocycles. The quantitative estimate of drug-likeness (QED) is 0.609. The number of nitrogens with zero attached hydrogens (tertiary/aromatic N) is 1. The Hall–Kier alpha value is -1.36. The number of carbonyl (C=O) groups is 3. The molecule has 0 aromatic rings. The maximum atomic E-state index is 10.3. The van der Waals surface area contributed by atoms with Crippen LogP contribution in [0.15, 0.2) is 0 Å². The van der Waals surface area contributed by atoms with E-state index in [0.717, 1.165) is 0 Å². The van der Waals surface area contributed by atoms with Crippen molar-refractivity contribution in [3.63, 3.8) is 0 Å². The summed E-state index contributed by atoms with van der Waals surface area (Å²) >= 11 is -3.08. The monoisotopic (exact) mass is 254 g/mol. The van der Waals surface area contributed by atoms with Gasteiger partial charge in [-0.1, -0.05) is 0 Å². The van der Waals surface area contributed by atoms with Gasteiger partial charge in [0.25, 0.3) is 0 Å². The molecular weight excluding hydrogens is 246 g/mol. The third kappa shape index (κ3) is 5.31. The predicted molar refractivity (Wildman–Crippen MR) is 39.1 cm³/mol. The van der Waals surface area contributed by atoms with Crippen molar-refractivity contribution < 1.29 is 42.2 Å². The van der Waals surface area contributed by atoms with E-state index in [0.29, 0.717) is 0 Å². The molecule has 0 bridgehead atoms. The van der Waals surface area contributed by atoms with Crippen LogP contribution < -0.4 is 0 Å². The topological polar surface area (TPSA) is 136 Å². The van der Waals surface area contributed by atoms with E-state index in [1.54, 1.807) is 0 Å². The van der Waals surface area contributed by atoms with Gasteiger partial charge >= 0.3 is 80.2 Å². The van der Waals surface area contributed by atoms with Gasteiger partial charge in [-0.2, -0.15) is 0 Å². The summed E-state index contributed by atoms with van der Waals surface area (Å²) in [6, 6.07) is 0. The molecule has 0 aliphatic heterocycles. The number of hydrogen-bond acceptors (Lipinski definition) is 4. The van der Waals surface area contributed by atoms with E-state index in [-0.39, 0.29) is 0 Å². The summed E-state index contributed by atoms with van der Waals surface area (Å²) in [4.78, 5) is 30.8. The van der Waals surface area contributed by atoms with Crippen molar-refractivity contribution in [1.82, 2.24) is 0 Å². The molecule has 0 unspecified atom stereocenters.